The molecule has 1 aliphatic heterocycles. The molecule has 3 rings (SSSR count). The number of rotatable bonds is 7. The Labute approximate surface area is 164 Å². The summed E-state index contributed by atoms with van der Waals surface area (Å²) in [7, 11) is 0. The van der Waals surface area contributed by atoms with Gasteiger partial charge in [-0.15, -0.1) is 11.3 Å². The number of nitrogens with one attached hydrogen (secondary N) is 2. The van der Waals surface area contributed by atoms with Crippen LogP contribution < -0.4 is 10.6 Å². The number of carbonyl (C=O) groups is 2. The van der Waals surface area contributed by atoms with Gasteiger partial charge < -0.3 is 15.5 Å². The fourth-order valence-corrected chi connectivity index (χ4v) is 4.03. The first-order valence-electron chi connectivity index (χ1n) is 9.60. The molecule has 2 heterocycles. The quantitative estimate of drug-likeness (QED) is 0.709. The average Bonchev–Trinajstić information content (AvgIpc) is 3.21. The number of thiophene rings is 1. The topological polar surface area (TPSA) is 61.4 Å². The van der Waals surface area contributed by atoms with Crippen LogP contribution in [0, 0.1) is 0 Å². The van der Waals surface area contributed by atoms with Gasteiger partial charge in [0.2, 0.25) is 0 Å². The minimum atomic E-state index is -0.154. The lowest BCUT2D eigenvalue weighted by Crippen LogP contribution is -2.39. The SMILES string of the molecule is C[C@H]1CCCCN1CCCNC(=O)c1cccc(NC(=O)c2cccs2)c1. The van der Waals surface area contributed by atoms with Gasteiger partial charge in [0.15, 0.2) is 0 Å². The van der Waals surface area contributed by atoms with Crippen LogP contribution >= 0.6 is 11.3 Å². The Kier molecular flexibility index (Phi) is 7.01. The van der Waals surface area contributed by atoms with Crippen molar-refractivity contribution in [3.63, 3.8) is 0 Å². The second-order valence-electron chi connectivity index (χ2n) is 7.00. The largest absolute Gasteiger partial charge is 0.352 e. The zero-order valence-corrected chi connectivity index (χ0v) is 16.6. The van der Waals surface area contributed by atoms with Crippen LogP contribution in [0.5, 0.6) is 0 Å². The molecule has 27 heavy (non-hydrogen) atoms. The number of nitrogens with zero attached hydrogens (tertiary/aromatic N) is 1. The van der Waals surface area contributed by atoms with E-state index in [1.165, 1.54) is 37.1 Å². The average molecular weight is 386 g/mol. The Morgan fingerprint density at radius 2 is 2.07 bits per heavy atom. The highest BCUT2D eigenvalue weighted by Crippen LogP contribution is 2.17. The number of hydrogen-bond acceptors (Lipinski definition) is 4. The molecule has 0 spiro atoms. The number of anilines is 1. The number of carbonyl (C=O) groups excluding carboxylic acids is 2. The Morgan fingerprint density at radius 3 is 2.85 bits per heavy atom. The van der Waals surface area contributed by atoms with Crippen LogP contribution in [0.3, 0.4) is 0 Å². The van der Waals surface area contributed by atoms with Gasteiger partial charge >= 0.3 is 0 Å². The number of hydrogen-bond donors (Lipinski definition) is 2. The fraction of sp³-hybridized carbons (Fsp3) is 0.429. The van der Waals surface area contributed by atoms with E-state index in [1.54, 1.807) is 30.3 Å². The maximum absolute atomic E-state index is 12.4. The molecule has 1 aromatic carbocycles. The third kappa shape index (κ3) is 5.65. The Hall–Kier alpha value is -2.18. The summed E-state index contributed by atoms with van der Waals surface area (Å²) in [5.74, 6) is -0.257. The lowest BCUT2D eigenvalue weighted by molar-refractivity contribution is 0.0947. The Balaban J connectivity index is 1.46. The second kappa shape index (κ2) is 9.67. The highest BCUT2D eigenvalue weighted by atomic mass is 32.1. The summed E-state index contributed by atoms with van der Waals surface area (Å²) >= 11 is 1.39. The molecule has 2 aromatic rings. The van der Waals surface area contributed by atoms with Crippen molar-refractivity contribution in [2.24, 2.45) is 0 Å². The summed E-state index contributed by atoms with van der Waals surface area (Å²) < 4.78 is 0. The molecular formula is C21H27N3O2S. The van der Waals surface area contributed by atoms with Crippen LogP contribution in [-0.2, 0) is 0 Å². The fourth-order valence-electron chi connectivity index (χ4n) is 3.41. The number of likely N-dealkylation sites (tertiary alicyclic amines) is 1. The van der Waals surface area contributed by atoms with Gasteiger partial charge in [-0.3, -0.25) is 9.59 Å². The lowest BCUT2D eigenvalue weighted by atomic mass is 10.0. The van der Waals surface area contributed by atoms with Crippen molar-refractivity contribution in [2.45, 2.75) is 38.6 Å². The highest BCUT2D eigenvalue weighted by molar-refractivity contribution is 7.12. The van der Waals surface area contributed by atoms with Gasteiger partial charge in [-0.2, -0.15) is 0 Å². The van der Waals surface area contributed by atoms with Gasteiger partial charge in [-0.25, -0.2) is 0 Å². The summed E-state index contributed by atoms with van der Waals surface area (Å²) in [4.78, 5) is 27.7. The molecule has 1 atom stereocenters. The molecule has 6 heteroatoms. The predicted octanol–water partition coefficient (Wildman–Crippen LogP) is 3.99. The minimum absolute atomic E-state index is 0.103. The summed E-state index contributed by atoms with van der Waals surface area (Å²) in [6.45, 7) is 5.14. The Morgan fingerprint density at radius 1 is 1.19 bits per heavy atom. The van der Waals surface area contributed by atoms with Crippen molar-refractivity contribution in [3.05, 3.63) is 52.2 Å². The van der Waals surface area contributed by atoms with Gasteiger partial charge in [0.1, 0.15) is 0 Å². The van der Waals surface area contributed by atoms with Crippen molar-refractivity contribution < 1.29 is 9.59 Å². The highest BCUT2D eigenvalue weighted by Gasteiger charge is 2.17. The van der Waals surface area contributed by atoms with Gasteiger partial charge in [0.25, 0.3) is 11.8 Å². The molecule has 1 aliphatic rings. The van der Waals surface area contributed by atoms with Crippen molar-refractivity contribution in [2.75, 3.05) is 25.0 Å². The monoisotopic (exact) mass is 385 g/mol. The van der Waals surface area contributed by atoms with Crippen LogP contribution in [0.25, 0.3) is 0 Å². The standard InChI is InChI=1S/C21H27N3O2S/c1-16-7-2-3-12-24(16)13-6-11-22-20(25)17-8-4-9-18(15-17)23-21(26)19-10-5-14-27-19/h4-5,8-10,14-16H,2-3,6-7,11-13H2,1H3,(H,22,25)(H,23,26)/t16-/m0/s1. The number of benzene rings is 1. The van der Waals surface area contributed by atoms with E-state index in [4.69, 9.17) is 0 Å². The van der Waals surface area contributed by atoms with Crippen LogP contribution in [0.1, 0.15) is 52.6 Å². The summed E-state index contributed by atoms with van der Waals surface area (Å²) in [6, 6.07) is 11.3. The van der Waals surface area contributed by atoms with E-state index in [2.05, 4.69) is 22.5 Å². The Bertz CT molecular complexity index is 761. The van der Waals surface area contributed by atoms with Crippen molar-refractivity contribution in [3.8, 4) is 0 Å². The third-order valence-corrected chi connectivity index (χ3v) is 5.84. The summed E-state index contributed by atoms with van der Waals surface area (Å²) in [6.07, 6.45) is 4.83. The van der Waals surface area contributed by atoms with E-state index in [1.807, 2.05) is 11.4 Å². The molecular weight excluding hydrogens is 358 g/mol. The van der Waals surface area contributed by atoms with Crippen molar-refractivity contribution >= 4 is 28.8 Å². The summed E-state index contributed by atoms with van der Waals surface area (Å²) in [5, 5.41) is 7.69. The molecule has 0 bridgehead atoms. The van der Waals surface area contributed by atoms with Crippen LogP contribution in [0.15, 0.2) is 41.8 Å². The molecule has 2 amide bonds. The molecule has 5 nitrogen and oxygen atoms in total. The molecule has 1 fully saturated rings. The smallest absolute Gasteiger partial charge is 0.265 e. The van der Waals surface area contributed by atoms with E-state index in [-0.39, 0.29) is 11.8 Å². The minimum Gasteiger partial charge on any atom is -0.352 e. The molecule has 0 radical (unpaired) electrons. The predicted molar refractivity (Wildman–Crippen MR) is 111 cm³/mol. The van der Waals surface area contributed by atoms with Crippen molar-refractivity contribution in [1.29, 1.82) is 0 Å². The van der Waals surface area contributed by atoms with Crippen LogP contribution in [0.2, 0.25) is 0 Å². The third-order valence-electron chi connectivity index (χ3n) is 4.98. The van der Waals surface area contributed by atoms with E-state index >= 15 is 0 Å². The molecule has 144 valence electrons. The first kappa shape index (κ1) is 19.6. The van der Waals surface area contributed by atoms with E-state index in [0.29, 0.717) is 28.7 Å². The van der Waals surface area contributed by atoms with Crippen molar-refractivity contribution in [1.82, 2.24) is 10.2 Å². The molecule has 0 saturated carbocycles. The molecule has 0 unspecified atom stereocenters. The molecule has 1 aromatic heterocycles. The number of piperidine rings is 1. The van der Waals surface area contributed by atoms with E-state index < -0.39 is 0 Å². The van der Waals surface area contributed by atoms with E-state index in [9.17, 15) is 9.59 Å². The molecule has 0 aliphatic carbocycles. The molecule has 2 N–H and O–H groups in total. The zero-order valence-electron chi connectivity index (χ0n) is 15.7. The zero-order chi connectivity index (χ0) is 19.1. The second-order valence-corrected chi connectivity index (χ2v) is 7.95. The maximum atomic E-state index is 12.4. The maximum Gasteiger partial charge on any atom is 0.265 e. The van der Waals surface area contributed by atoms with Gasteiger partial charge in [-0.05, 0) is 62.4 Å². The normalized spacial score (nSPS) is 17.4. The van der Waals surface area contributed by atoms with Gasteiger partial charge in [0, 0.05) is 30.4 Å². The summed E-state index contributed by atoms with van der Waals surface area (Å²) in [5.41, 5.74) is 1.19. The van der Waals surface area contributed by atoms with Gasteiger partial charge in [0.05, 0.1) is 4.88 Å². The van der Waals surface area contributed by atoms with Gasteiger partial charge in [-0.1, -0.05) is 18.6 Å². The molecule has 1 saturated heterocycles. The first-order valence-corrected chi connectivity index (χ1v) is 10.5. The van der Waals surface area contributed by atoms with Crippen LogP contribution in [-0.4, -0.2) is 42.4 Å². The van der Waals surface area contributed by atoms with E-state index in [0.717, 1.165) is 13.0 Å². The lowest BCUT2D eigenvalue weighted by Gasteiger charge is -2.33. The first-order chi connectivity index (χ1) is 13.1. The van der Waals surface area contributed by atoms with Crippen LogP contribution in [0.4, 0.5) is 5.69 Å². The number of amides is 2.